The number of amides is 3. The highest BCUT2D eigenvalue weighted by molar-refractivity contribution is 7.12. The summed E-state index contributed by atoms with van der Waals surface area (Å²) in [6, 6.07) is 19.4. The minimum absolute atomic E-state index is 0.0612. The molecular weight excluding hydrogens is 566 g/mol. The van der Waals surface area contributed by atoms with Gasteiger partial charge >= 0.3 is 5.97 Å². The number of esters is 1. The van der Waals surface area contributed by atoms with Crippen LogP contribution in [0.5, 0.6) is 0 Å². The second kappa shape index (κ2) is 14.1. The largest absolute Gasteiger partial charge is 0.457 e. The number of nitrogens with zero attached hydrogens (tertiary/aromatic N) is 2. The first-order chi connectivity index (χ1) is 20.6. The first-order valence-corrected chi connectivity index (χ1v) is 15.0. The Labute approximate surface area is 255 Å². The molecule has 3 aromatic rings. The maximum atomic E-state index is 14.1. The molecule has 1 N–H and O–H groups in total. The Balaban J connectivity index is 1.66. The molecule has 43 heavy (non-hydrogen) atoms. The van der Waals surface area contributed by atoms with Crippen LogP contribution in [0.15, 0.2) is 84.4 Å². The predicted molar refractivity (Wildman–Crippen MR) is 164 cm³/mol. The number of rotatable bonds is 11. The Kier molecular flexibility index (Phi) is 10.3. The van der Waals surface area contributed by atoms with E-state index in [4.69, 9.17) is 4.74 Å². The average molecular weight is 602 g/mol. The second-order valence-corrected chi connectivity index (χ2v) is 11.8. The van der Waals surface area contributed by atoms with E-state index in [1.54, 1.807) is 86.1 Å². The van der Waals surface area contributed by atoms with Crippen LogP contribution >= 0.6 is 11.3 Å². The number of nitrogens with one attached hydrogen (secondary N) is 1. The van der Waals surface area contributed by atoms with E-state index in [-0.39, 0.29) is 18.2 Å². The number of carbonyl (C=O) groups is 5. The second-order valence-electron chi connectivity index (χ2n) is 10.8. The van der Waals surface area contributed by atoms with Gasteiger partial charge in [0.25, 0.3) is 17.6 Å². The number of carbonyl (C=O) groups excluding carboxylic acids is 5. The lowest BCUT2D eigenvalue weighted by Gasteiger charge is -2.41. The zero-order valence-corrected chi connectivity index (χ0v) is 25.4. The van der Waals surface area contributed by atoms with Crippen molar-refractivity contribution in [3.05, 3.63) is 100 Å². The molecule has 0 radical (unpaired) electrons. The van der Waals surface area contributed by atoms with Crippen LogP contribution in [-0.4, -0.2) is 64.0 Å². The molecule has 1 unspecified atom stereocenters. The fourth-order valence-electron chi connectivity index (χ4n) is 4.86. The van der Waals surface area contributed by atoms with Gasteiger partial charge in [0.05, 0.1) is 16.7 Å². The molecule has 2 aromatic carbocycles. The van der Waals surface area contributed by atoms with Crippen molar-refractivity contribution >= 4 is 46.5 Å². The van der Waals surface area contributed by atoms with Crippen molar-refractivity contribution < 1.29 is 28.7 Å². The Morgan fingerprint density at radius 3 is 2.14 bits per heavy atom. The molecule has 1 aliphatic heterocycles. The summed E-state index contributed by atoms with van der Waals surface area (Å²) in [5.74, 6) is -3.57. The monoisotopic (exact) mass is 601 g/mol. The summed E-state index contributed by atoms with van der Waals surface area (Å²) in [5.41, 5.74) is 1.74. The lowest BCUT2D eigenvalue weighted by Crippen LogP contribution is -2.57. The topological polar surface area (TPSA) is 113 Å². The van der Waals surface area contributed by atoms with Crippen molar-refractivity contribution in [2.45, 2.75) is 52.3 Å². The molecule has 4 rings (SSSR count). The molecule has 0 bridgehead atoms. The fourth-order valence-corrected chi connectivity index (χ4v) is 5.52. The number of benzene rings is 2. The molecule has 10 heteroatoms. The van der Waals surface area contributed by atoms with Crippen LogP contribution in [0.2, 0.25) is 0 Å². The fraction of sp³-hybridized carbons (Fsp3) is 0.303. The van der Waals surface area contributed by atoms with Gasteiger partial charge in [0.2, 0.25) is 5.91 Å². The van der Waals surface area contributed by atoms with E-state index in [9.17, 15) is 24.0 Å². The van der Waals surface area contributed by atoms with Crippen LogP contribution < -0.4 is 5.32 Å². The SMILES string of the molecule is CC(C)OC(=O)C(=O)[C@H](Cc1ccccc1)NC(=O)CN1C(=O)C(C(C)C)N(C(=O)c2cccs2)C=C1c1ccccc1. The van der Waals surface area contributed by atoms with Gasteiger partial charge in [-0.15, -0.1) is 11.3 Å². The van der Waals surface area contributed by atoms with E-state index in [2.05, 4.69) is 5.32 Å². The highest BCUT2D eigenvalue weighted by atomic mass is 32.1. The van der Waals surface area contributed by atoms with Crippen LogP contribution in [0.4, 0.5) is 0 Å². The standard InChI is InChI=1S/C33H35N3O6S/c1-21(2)29-32(40)35(26(24-14-9-6-10-15-24)19-36(29)31(39)27-16-11-17-43-27)20-28(37)34-25(18-23-12-7-5-8-13-23)30(38)33(41)42-22(3)4/h5-17,19,21-22,25,29H,18,20H2,1-4H3,(H,34,37)/t25-,29?/m0/s1. The highest BCUT2D eigenvalue weighted by Gasteiger charge is 2.42. The summed E-state index contributed by atoms with van der Waals surface area (Å²) in [7, 11) is 0. The summed E-state index contributed by atoms with van der Waals surface area (Å²) >= 11 is 1.28. The van der Waals surface area contributed by atoms with Gasteiger partial charge in [0, 0.05) is 12.6 Å². The Morgan fingerprint density at radius 2 is 1.56 bits per heavy atom. The van der Waals surface area contributed by atoms with Crippen LogP contribution in [0, 0.1) is 5.92 Å². The molecule has 2 heterocycles. The molecule has 0 fully saturated rings. The summed E-state index contributed by atoms with van der Waals surface area (Å²) in [5, 5.41) is 4.47. The minimum atomic E-state index is -1.21. The van der Waals surface area contributed by atoms with Gasteiger partial charge < -0.3 is 10.1 Å². The van der Waals surface area contributed by atoms with Gasteiger partial charge in [-0.2, -0.15) is 0 Å². The van der Waals surface area contributed by atoms with Crippen LogP contribution in [0.25, 0.3) is 5.70 Å². The normalized spacial score (nSPS) is 15.7. The van der Waals surface area contributed by atoms with Crippen LogP contribution in [-0.2, 0) is 30.3 Å². The zero-order chi connectivity index (χ0) is 31.1. The zero-order valence-electron chi connectivity index (χ0n) is 24.6. The van der Waals surface area contributed by atoms with Gasteiger partial charge in [0.15, 0.2) is 0 Å². The Hall–Kier alpha value is -4.57. The highest BCUT2D eigenvalue weighted by Crippen LogP contribution is 2.31. The number of ether oxygens (including phenoxy) is 1. The van der Waals surface area contributed by atoms with Gasteiger partial charge in [0.1, 0.15) is 18.6 Å². The molecule has 9 nitrogen and oxygen atoms in total. The molecule has 1 aliphatic rings. The molecule has 2 atom stereocenters. The predicted octanol–water partition coefficient (Wildman–Crippen LogP) is 4.30. The Morgan fingerprint density at radius 1 is 0.907 bits per heavy atom. The lowest BCUT2D eigenvalue weighted by atomic mass is 9.96. The van der Waals surface area contributed by atoms with E-state index in [0.29, 0.717) is 16.1 Å². The van der Waals surface area contributed by atoms with Gasteiger partial charge in [-0.05, 0) is 42.3 Å². The van der Waals surface area contributed by atoms with E-state index in [1.807, 2.05) is 26.0 Å². The third kappa shape index (κ3) is 7.64. The first kappa shape index (κ1) is 31.4. The minimum Gasteiger partial charge on any atom is -0.457 e. The smallest absolute Gasteiger partial charge is 0.377 e. The summed E-state index contributed by atoms with van der Waals surface area (Å²) in [6.45, 7) is 6.51. The molecule has 224 valence electrons. The van der Waals surface area contributed by atoms with Gasteiger partial charge in [-0.25, -0.2) is 4.79 Å². The quantitative estimate of drug-likeness (QED) is 0.259. The molecule has 0 saturated carbocycles. The van der Waals surface area contributed by atoms with Gasteiger partial charge in [-0.3, -0.25) is 29.0 Å². The first-order valence-electron chi connectivity index (χ1n) is 14.1. The summed E-state index contributed by atoms with van der Waals surface area (Å²) in [6.07, 6.45) is 1.16. The maximum Gasteiger partial charge on any atom is 0.377 e. The van der Waals surface area contributed by atoms with Crippen LogP contribution in [0.1, 0.15) is 48.5 Å². The molecule has 3 amide bonds. The van der Waals surface area contributed by atoms with Gasteiger partial charge in [-0.1, -0.05) is 80.6 Å². The van der Waals surface area contributed by atoms with Crippen molar-refractivity contribution in [2.24, 2.45) is 5.92 Å². The third-order valence-electron chi connectivity index (χ3n) is 6.82. The maximum absolute atomic E-state index is 14.1. The van der Waals surface area contributed by atoms with Crippen LogP contribution in [0.3, 0.4) is 0 Å². The number of thiophene rings is 1. The van der Waals surface area contributed by atoms with E-state index in [0.717, 1.165) is 5.56 Å². The summed E-state index contributed by atoms with van der Waals surface area (Å²) in [4.78, 5) is 70.1. The lowest BCUT2D eigenvalue weighted by molar-refractivity contribution is -0.157. The third-order valence-corrected chi connectivity index (χ3v) is 7.68. The van der Waals surface area contributed by atoms with Crippen molar-refractivity contribution in [1.82, 2.24) is 15.1 Å². The van der Waals surface area contributed by atoms with E-state index < -0.39 is 48.3 Å². The van der Waals surface area contributed by atoms with Crippen molar-refractivity contribution in [1.29, 1.82) is 0 Å². The molecule has 0 spiro atoms. The van der Waals surface area contributed by atoms with E-state index in [1.165, 1.54) is 21.1 Å². The molecule has 0 saturated heterocycles. The number of Topliss-reactive ketones (excluding diaryl/α,β-unsaturated/α-hetero) is 1. The number of ketones is 1. The number of hydrogen-bond donors (Lipinski definition) is 1. The summed E-state index contributed by atoms with van der Waals surface area (Å²) < 4.78 is 5.11. The average Bonchev–Trinajstić information content (AvgIpc) is 3.52. The Bertz CT molecular complexity index is 1490. The number of hydrogen-bond acceptors (Lipinski definition) is 7. The van der Waals surface area contributed by atoms with Crippen molar-refractivity contribution in [3.8, 4) is 0 Å². The molecular formula is C33H35N3O6S. The molecule has 0 aliphatic carbocycles. The van der Waals surface area contributed by atoms with E-state index >= 15 is 0 Å². The molecule has 1 aromatic heterocycles. The van der Waals surface area contributed by atoms with Crippen molar-refractivity contribution in [3.63, 3.8) is 0 Å². The van der Waals surface area contributed by atoms with Crippen molar-refractivity contribution in [2.75, 3.05) is 6.54 Å².